The quantitative estimate of drug-likeness (QED) is 0.753. The second kappa shape index (κ2) is 4.72. The van der Waals surface area contributed by atoms with Gasteiger partial charge in [0.2, 0.25) is 0 Å². The maximum Gasteiger partial charge on any atom is 0.417 e. The number of halogens is 3. The van der Waals surface area contributed by atoms with E-state index in [1.165, 1.54) is 23.5 Å². The summed E-state index contributed by atoms with van der Waals surface area (Å²) >= 11 is 1.25. The third kappa shape index (κ3) is 2.56. The standard InChI is InChI=1S/C13H12F3NS/c1-8(2)11-7-18-12(17-11)9-5-3-4-6-10(9)13(14,15)16/h3-8H,1-2H3. The number of benzene rings is 1. The van der Waals surface area contributed by atoms with Crippen molar-refractivity contribution >= 4 is 11.3 Å². The highest BCUT2D eigenvalue weighted by atomic mass is 32.1. The Kier molecular flexibility index (Phi) is 3.43. The van der Waals surface area contributed by atoms with Gasteiger partial charge in [-0.1, -0.05) is 32.0 Å². The van der Waals surface area contributed by atoms with Crippen LogP contribution in [-0.4, -0.2) is 4.98 Å². The molecule has 0 fully saturated rings. The number of hydrogen-bond donors (Lipinski definition) is 0. The van der Waals surface area contributed by atoms with Crippen LogP contribution in [0.2, 0.25) is 0 Å². The van der Waals surface area contributed by atoms with Crippen LogP contribution in [0, 0.1) is 0 Å². The Bertz CT molecular complexity index is 543. The predicted octanol–water partition coefficient (Wildman–Crippen LogP) is 4.95. The van der Waals surface area contributed by atoms with Crippen LogP contribution in [0.25, 0.3) is 10.6 Å². The Morgan fingerprint density at radius 3 is 2.39 bits per heavy atom. The van der Waals surface area contributed by atoms with Crippen LogP contribution in [-0.2, 0) is 6.18 Å². The van der Waals surface area contributed by atoms with Crippen molar-refractivity contribution in [1.82, 2.24) is 4.98 Å². The molecule has 0 bridgehead atoms. The van der Waals surface area contributed by atoms with E-state index in [4.69, 9.17) is 0 Å². The molecule has 1 aromatic heterocycles. The van der Waals surface area contributed by atoms with E-state index in [1.54, 1.807) is 6.07 Å². The fourth-order valence-electron chi connectivity index (χ4n) is 1.59. The molecular formula is C13H12F3NS. The summed E-state index contributed by atoms with van der Waals surface area (Å²) in [5.41, 5.74) is 0.350. The van der Waals surface area contributed by atoms with E-state index in [1.807, 2.05) is 19.2 Å². The van der Waals surface area contributed by atoms with Gasteiger partial charge < -0.3 is 0 Å². The van der Waals surface area contributed by atoms with Crippen molar-refractivity contribution in [2.24, 2.45) is 0 Å². The molecule has 0 amide bonds. The molecule has 0 saturated carbocycles. The van der Waals surface area contributed by atoms with Gasteiger partial charge in [0.1, 0.15) is 5.01 Å². The molecule has 0 spiro atoms. The van der Waals surface area contributed by atoms with Crippen molar-refractivity contribution in [2.45, 2.75) is 25.9 Å². The van der Waals surface area contributed by atoms with Gasteiger partial charge in [-0.3, -0.25) is 0 Å². The number of thiazole rings is 1. The maximum atomic E-state index is 12.9. The van der Waals surface area contributed by atoms with Crippen LogP contribution in [0.5, 0.6) is 0 Å². The van der Waals surface area contributed by atoms with Crippen LogP contribution in [0.4, 0.5) is 13.2 Å². The Hall–Kier alpha value is -1.36. The third-order valence-corrected chi connectivity index (χ3v) is 3.47. The Labute approximate surface area is 107 Å². The van der Waals surface area contributed by atoms with Crippen LogP contribution < -0.4 is 0 Å². The largest absolute Gasteiger partial charge is 0.417 e. The molecule has 2 aromatic rings. The molecule has 1 heterocycles. The summed E-state index contributed by atoms with van der Waals surface area (Å²) in [5, 5.41) is 2.24. The van der Waals surface area contributed by atoms with Gasteiger partial charge in [-0.05, 0) is 12.0 Å². The smallest absolute Gasteiger partial charge is 0.241 e. The van der Waals surface area contributed by atoms with Gasteiger partial charge in [0.05, 0.1) is 11.3 Å². The van der Waals surface area contributed by atoms with Gasteiger partial charge >= 0.3 is 6.18 Å². The first-order valence-corrected chi connectivity index (χ1v) is 6.39. The molecule has 0 N–H and O–H groups in total. The van der Waals surface area contributed by atoms with Gasteiger partial charge in [0.25, 0.3) is 0 Å². The molecule has 5 heteroatoms. The zero-order chi connectivity index (χ0) is 13.3. The molecule has 0 aliphatic rings. The van der Waals surface area contributed by atoms with Crippen molar-refractivity contribution in [1.29, 1.82) is 0 Å². The van der Waals surface area contributed by atoms with E-state index >= 15 is 0 Å². The summed E-state index contributed by atoms with van der Waals surface area (Å²) in [5.74, 6) is 0.216. The van der Waals surface area contributed by atoms with Crippen LogP contribution in [0.15, 0.2) is 29.6 Å². The van der Waals surface area contributed by atoms with Crippen LogP contribution in [0.1, 0.15) is 31.0 Å². The Morgan fingerprint density at radius 2 is 1.83 bits per heavy atom. The van der Waals surface area contributed by atoms with Gasteiger partial charge in [-0.2, -0.15) is 13.2 Å². The lowest BCUT2D eigenvalue weighted by molar-refractivity contribution is -0.137. The highest BCUT2D eigenvalue weighted by molar-refractivity contribution is 7.13. The minimum atomic E-state index is -4.35. The molecule has 18 heavy (non-hydrogen) atoms. The first kappa shape index (κ1) is 13.1. The Balaban J connectivity index is 2.50. The molecule has 1 nitrogen and oxygen atoms in total. The lowest BCUT2D eigenvalue weighted by Gasteiger charge is -2.10. The van der Waals surface area contributed by atoms with E-state index in [-0.39, 0.29) is 11.5 Å². The van der Waals surface area contributed by atoms with Gasteiger partial charge in [-0.15, -0.1) is 11.3 Å². The van der Waals surface area contributed by atoms with E-state index in [9.17, 15) is 13.2 Å². The molecule has 0 saturated heterocycles. The molecule has 0 unspecified atom stereocenters. The zero-order valence-corrected chi connectivity index (χ0v) is 10.8. The highest BCUT2D eigenvalue weighted by Gasteiger charge is 2.34. The lowest BCUT2D eigenvalue weighted by atomic mass is 10.1. The summed E-state index contributed by atoms with van der Waals surface area (Å²) in [6, 6.07) is 5.54. The minimum absolute atomic E-state index is 0.155. The SMILES string of the molecule is CC(C)c1csc(-c2ccccc2C(F)(F)F)n1. The summed E-state index contributed by atoms with van der Waals surface area (Å²) in [6.07, 6.45) is -4.35. The predicted molar refractivity (Wildman–Crippen MR) is 66.6 cm³/mol. The number of rotatable bonds is 2. The van der Waals surface area contributed by atoms with Crippen LogP contribution >= 0.6 is 11.3 Å². The number of alkyl halides is 3. The van der Waals surface area contributed by atoms with E-state index in [2.05, 4.69) is 4.98 Å². The summed E-state index contributed by atoms with van der Waals surface area (Å²) in [4.78, 5) is 4.27. The number of aromatic nitrogens is 1. The van der Waals surface area contributed by atoms with Gasteiger partial charge in [0, 0.05) is 10.9 Å². The van der Waals surface area contributed by atoms with E-state index in [0.717, 1.165) is 11.8 Å². The van der Waals surface area contributed by atoms with Crippen molar-refractivity contribution in [3.63, 3.8) is 0 Å². The Morgan fingerprint density at radius 1 is 1.17 bits per heavy atom. The first-order valence-electron chi connectivity index (χ1n) is 5.51. The fraction of sp³-hybridized carbons (Fsp3) is 0.308. The van der Waals surface area contributed by atoms with Crippen LogP contribution in [0.3, 0.4) is 0 Å². The summed E-state index contributed by atoms with van der Waals surface area (Å²) in [7, 11) is 0. The maximum absolute atomic E-state index is 12.9. The number of hydrogen-bond acceptors (Lipinski definition) is 2. The molecule has 0 atom stereocenters. The summed E-state index contributed by atoms with van der Waals surface area (Å²) < 4.78 is 38.6. The van der Waals surface area contributed by atoms with Crippen molar-refractivity contribution in [3.05, 3.63) is 40.9 Å². The normalized spacial score (nSPS) is 12.1. The van der Waals surface area contributed by atoms with E-state index in [0.29, 0.717) is 5.01 Å². The first-order chi connectivity index (χ1) is 8.39. The van der Waals surface area contributed by atoms with Crippen molar-refractivity contribution in [3.8, 4) is 10.6 Å². The molecule has 1 aromatic carbocycles. The number of nitrogens with zero attached hydrogens (tertiary/aromatic N) is 1. The van der Waals surface area contributed by atoms with Gasteiger partial charge in [0.15, 0.2) is 0 Å². The minimum Gasteiger partial charge on any atom is -0.241 e. The molecular weight excluding hydrogens is 259 g/mol. The molecule has 0 radical (unpaired) electrons. The topological polar surface area (TPSA) is 12.9 Å². The molecule has 0 aliphatic heterocycles. The summed E-state index contributed by atoms with van der Waals surface area (Å²) in [6.45, 7) is 3.93. The zero-order valence-electron chi connectivity index (χ0n) is 9.95. The average molecular weight is 271 g/mol. The average Bonchev–Trinajstić information content (AvgIpc) is 2.77. The second-order valence-electron chi connectivity index (χ2n) is 4.28. The lowest BCUT2D eigenvalue weighted by Crippen LogP contribution is -2.06. The molecule has 96 valence electrons. The third-order valence-electron chi connectivity index (χ3n) is 2.58. The van der Waals surface area contributed by atoms with Crippen molar-refractivity contribution in [2.75, 3.05) is 0 Å². The second-order valence-corrected chi connectivity index (χ2v) is 5.13. The highest BCUT2D eigenvalue weighted by Crippen LogP contribution is 2.38. The monoisotopic (exact) mass is 271 g/mol. The molecule has 0 aliphatic carbocycles. The fourth-order valence-corrected chi connectivity index (χ4v) is 2.61. The van der Waals surface area contributed by atoms with E-state index < -0.39 is 11.7 Å². The molecule has 2 rings (SSSR count). The van der Waals surface area contributed by atoms with Crippen molar-refractivity contribution < 1.29 is 13.2 Å². The van der Waals surface area contributed by atoms with Gasteiger partial charge in [-0.25, -0.2) is 4.98 Å².